The fourth-order valence-corrected chi connectivity index (χ4v) is 3.71. The molecule has 1 fully saturated rings. The molecule has 33 heavy (non-hydrogen) atoms. The highest BCUT2D eigenvalue weighted by Gasteiger charge is 2.40. The van der Waals surface area contributed by atoms with Gasteiger partial charge in [0.05, 0.1) is 24.4 Å². The number of pyridine rings is 1. The largest absolute Gasteiger partial charge is 0.408 e. The van der Waals surface area contributed by atoms with Gasteiger partial charge in [0.1, 0.15) is 41.3 Å². The van der Waals surface area contributed by atoms with Crippen LogP contribution in [-0.2, 0) is 0 Å². The van der Waals surface area contributed by atoms with Crippen molar-refractivity contribution in [1.29, 1.82) is 0 Å². The van der Waals surface area contributed by atoms with Crippen molar-refractivity contribution in [2.24, 2.45) is 0 Å². The van der Waals surface area contributed by atoms with Crippen LogP contribution >= 0.6 is 0 Å². The number of imidazole rings is 1. The molecule has 3 aromatic heterocycles. The fourth-order valence-electron chi connectivity index (χ4n) is 3.71. The molecule has 1 aliphatic heterocycles. The third kappa shape index (κ3) is 4.69. The van der Waals surface area contributed by atoms with E-state index in [2.05, 4.69) is 25.3 Å². The fraction of sp³-hybridized carbons (Fsp3) is 0.500. The molecule has 1 saturated heterocycles. The van der Waals surface area contributed by atoms with E-state index in [1.54, 1.807) is 4.90 Å². The molecule has 0 saturated carbocycles. The van der Waals surface area contributed by atoms with Crippen LogP contribution in [0, 0.1) is 0 Å². The summed E-state index contributed by atoms with van der Waals surface area (Å²) in [6, 6.07) is 1.02. The van der Waals surface area contributed by atoms with E-state index in [9.17, 15) is 27.8 Å². The zero-order valence-electron chi connectivity index (χ0n) is 17.8. The molecule has 2 unspecified atom stereocenters. The lowest BCUT2D eigenvalue weighted by Gasteiger charge is -2.32. The molecule has 4 rings (SSSR count). The van der Waals surface area contributed by atoms with Crippen LogP contribution in [0.2, 0.25) is 0 Å². The highest BCUT2D eigenvalue weighted by atomic mass is 19.4. The second kappa shape index (κ2) is 8.71. The van der Waals surface area contributed by atoms with Crippen molar-refractivity contribution in [2.75, 3.05) is 23.3 Å². The van der Waals surface area contributed by atoms with Crippen LogP contribution in [0.4, 0.5) is 35.1 Å². The summed E-state index contributed by atoms with van der Waals surface area (Å²) in [5.74, 6) is 0.644. The average Bonchev–Trinajstić information content (AvgIpc) is 3.13. The van der Waals surface area contributed by atoms with Gasteiger partial charge in [-0.15, -0.1) is 0 Å². The number of nitrogens with zero attached hydrogens (tertiary/aromatic N) is 6. The van der Waals surface area contributed by atoms with Gasteiger partial charge >= 0.3 is 6.18 Å². The van der Waals surface area contributed by atoms with Crippen molar-refractivity contribution in [1.82, 2.24) is 24.5 Å². The lowest BCUT2D eigenvalue weighted by molar-refractivity contribution is -0.163. The Hall–Kier alpha value is -3.06. The second-order valence-corrected chi connectivity index (χ2v) is 7.98. The van der Waals surface area contributed by atoms with Gasteiger partial charge in [0, 0.05) is 18.8 Å². The Morgan fingerprint density at radius 2 is 1.94 bits per heavy atom. The number of rotatable bonds is 5. The predicted octanol–water partition coefficient (Wildman–Crippen LogP) is 3.05. The number of alkyl halides is 4. The number of halogens is 4. The number of hydrogen-bond acceptors (Lipinski definition) is 8. The molecular weight excluding hydrogens is 446 g/mol. The average molecular weight is 469 g/mol. The predicted molar refractivity (Wildman–Crippen MR) is 112 cm³/mol. The first-order chi connectivity index (χ1) is 15.5. The molecule has 0 amide bonds. The van der Waals surface area contributed by atoms with Gasteiger partial charge in [-0.25, -0.2) is 19.3 Å². The monoisotopic (exact) mass is 469 g/mol. The molecule has 3 aromatic rings. The molecule has 13 heteroatoms. The zero-order valence-corrected chi connectivity index (χ0v) is 17.8. The Labute approximate surface area is 186 Å². The number of fused-ring (bicyclic) bond motifs is 1. The van der Waals surface area contributed by atoms with Gasteiger partial charge in [0.25, 0.3) is 0 Å². The van der Waals surface area contributed by atoms with E-state index in [-0.39, 0.29) is 41.6 Å². The van der Waals surface area contributed by atoms with Gasteiger partial charge in [-0.2, -0.15) is 18.2 Å². The maximum atomic E-state index is 13.9. The highest BCUT2D eigenvalue weighted by molar-refractivity contribution is 5.79. The first-order valence-electron chi connectivity index (χ1n) is 10.3. The Balaban J connectivity index is 1.65. The van der Waals surface area contributed by atoms with Crippen LogP contribution in [0.25, 0.3) is 11.0 Å². The van der Waals surface area contributed by atoms with Crippen molar-refractivity contribution in [2.45, 2.75) is 50.9 Å². The smallest absolute Gasteiger partial charge is 0.390 e. The molecule has 0 spiro atoms. The Kier molecular flexibility index (Phi) is 6.10. The first-order valence-corrected chi connectivity index (χ1v) is 10.3. The van der Waals surface area contributed by atoms with Crippen molar-refractivity contribution in [3.05, 3.63) is 30.4 Å². The molecule has 0 aromatic carbocycles. The minimum absolute atomic E-state index is 0.0501. The summed E-state index contributed by atoms with van der Waals surface area (Å²) >= 11 is 0. The van der Waals surface area contributed by atoms with Gasteiger partial charge in [-0.3, -0.25) is 0 Å². The maximum Gasteiger partial charge on any atom is 0.408 e. The van der Waals surface area contributed by atoms with Crippen LogP contribution in [-0.4, -0.2) is 66.3 Å². The van der Waals surface area contributed by atoms with Crippen LogP contribution in [0.5, 0.6) is 0 Å². The molecule has 0 aliphatic carbocycles. The SMILES string of the molecule is C[C@H](O)c1nc2cnc(Nc3ccnc(N4CCC(O)C(F)C4)n3)cc2n1[C@@H](C)C(F)(F)F. The summed E-state index contributed by atoms with van der Waals surface area (Å²) in [6.45, 7) is 2.67. The summed E-state index contributed by atoms with van der Waals surface area (Å²) in [7, 11) is 0. The van der Waals surface area contributed by atoms with Gasteiger partial charge in [-0.05, 0) is 26.3 Å². The molecule has 178 valence electrons. The van der Waals surface area contributed by atoms with Gasteiger partial charge < -0.3 is 25.0 Å². The normalized spacial score (nSPS) is 21.3. The minimum Gasteiger partial charge on any atom is -0.390 e. The van der Waals surface area contributed by atoms with Gasteiger partial charge in [0.2, 0.25) is 5.95 Å². The molecule has 3 N–H and O–H groups in total. The third-order valence-electron chi connectivity index (χ3n) is 5.53. The van der Waals surface area contributed by atoms with E-state index in [1.807, 2.05) is 0 Å². The quantitative estimate of drug-likeness (QED) is 0.489. The second-order valence-electron chi connectivity index (χ2n) is 7.98. The first kappa shape index (κ1) is 23.1. The minimum atomic E-state index is -4.55. The van der Waals surface area contributed by atoms with Gasteiger partial charge in [0.15, 0.2) is 0 Å². The Morgan fingerprint density at radius 1 is 1.18 bits per heavy atom. The topological polar surface area (TPSA) is 112 Å². The van der Waals surface area contributed by atoms with E-state index in [0.717, 1.165) is 11.5 Å². The number of aromatic nitrogens is 5. The van der Waals surface area contributed by atoms with Crippen molar-refractivity contribution in [3.8, 4) is 0 Å². The summed E-state index contributed by atoms with van der Waals surface area (Å²) in [6.07, 6.45) is -5.19. The third-order valence-corrected chi connectivity index (χ3v) is 5.53. The zero-order chi connectivity index (χ0) is 23.9. The van der Waals surface area contributed by atoms with E-state index in [1.165, 1.54) is 31.5 Å². The summed E-state index contributed by atoms with van der Waals surface area (Å²) in [5, 5.41) is 22.5. The number of piperidine rings is 1. The Morgan fingerprint density at radius 3 is 2.61 bits per heavy atom. The molecular formula is C20H23F4N7O2. The molecule has 1 aliphatic rings. The van der Waals surface area contributed by atoms with Crippen LogP contribution in [0.1, 0.15) is 38.2 Å². The molecule has 4 heterocycles. The summed E-state index contributed by atoms with van der Waals surface area (Å²) in [5.41, 5.74) is 0.351. The maximum absolute atomic E-state index is 13.9. The number of aliphatic hydroxyl groups is 2. The summed E-state index contributed by atoms with van der Waals surface area (Å²) in [4.78, 5) is 18.4. The number of aliphatic hydroxyl groups excluding tert-OH is 2. The molecule has 0 radical (unpaired) electrons. The Bertz CT molecular complexity index is 1140. The van der Waals surface area contributed by atoms with Crippen molar-refractivity contribution >= 4 is 28.6 Å². The summed E-state index contributed by atoms with van der Waals surface area (Å²) < 4.78 is 55.3. The number of hydrogen-bond donors (Lipinski definition) is 3. The van der Waals surface area contributed by atoms with E-state index < -0.39 is 30.6 Å². The molecule has 4 atom stereocenters. The van der Waals surface area contributed by atoms with E-state index >= 15 is 0 Å². The van der Waals surface area contributed by atoms with Crippen LogP contribution in [0.3, 0.4) is 0 Å². The highest BCUT2D eigenvalue weighted by Crippen LogP contribution is 2.36. The van der Waals surface area contributed by atoms with Crippen LogP contribution < -0.4 is 10.2 Å². The lowest BCUT2D eigenvalue weighted by Crippen LogP contribution is -2.45. The van der Waals surface area contributed by atoms with Crippen molar-refractivity contribution in [3.63, 3.8) is 0 Å². The van der Waals surface area contributed by atoms with Crippen LogP contribution in [0.15, 0.2) is 24.5 Å². The van der Waals surface area contributed by atoms with Crippen molar-refractivity contribution < 1.29 is 27.8 Å². The standard InChI is InChI=1S/C20H23F4N7O2/c1-10(32)18-27-13-8-26-17(7-14(13)31(18)11(2)20(22,23)24)28-16-3-5-25-19(29-16)30-6-4-15(33)12(21)9-30/h3,5,7-8,10-12,15,32-33H,4,6,9H2,1-2H3,(H,25,26,28,29)/t10-,11-,12?,15?/m0/s1. The number of anilines is 3. The van der Waals surface area contributed by atoms with E-state index in [4.69, 9.17) is 0 Å². The lowest BCUT2D eigenvalue weighted by atomic mass is 10.1. The molecule has 9 nitrogen and oxygen atoms in total. The van der Waals surface area contributed by atoms with Gasteiger partial charge in [-0.1, -0.05) is 0 Å². The number of nitrogens with one attached hydrogen (secondary N) is 1. The van der Waals surface area contributed by atoms with E-state index in [0.29, 0.717) is 12.4 Å². The molecule has 0 bridgehead atoms.